The first-order chi connectivity index (χ1) is 12.3. The molecule has 25 heavy (non-hydrogen) atoms. The molecule has 4 rings (SSSR count). The zero-order chi connectivity index (χ0) is 17.1. The minimum Gasteiger partial charge on any atom is -0.365 e. The van der Waals surface area contributed by atoms with Crippen LogP contribution in [0, 0.1) is 0 Å². The van der Waals surface area contributed by atoms with Crippen molar-refractivity contribution in [1.82, 2.24) is 20.1 Å². The highest BCUT2D eigenvalue weighted by Gasteiger charge is 2.23. The molecule has 0 fully saturated rings. The molecule has 0 radical (unpaired) electrons. The number of fused-ring (bicyclic) bond motifs is 1. The summed E-state index contributed by atoms with van der Waals surface area (Å²) in [4.78, 5) is 16.3. The summed E-state index contributed by atoms with van der Waals surface area (Å²) in [5, 5.41) is 7.33. The maximum absolute atomic E-state index is 12.3. The van der Waals surface area contributed by atoms with Crippen LogP contribution in [0.4, 0.5) is 0 Å². The van der Waals surface area contributed by atoms with Gasteiger partial charge in [0.2, 0.25) is 0 Å². The van der Waals surface area contributed by atoms with Gasteiger partial charge in [0, 0.05) is 18.9 Å². The number of hydrogen-bond donors (Lipinski definition) is 1. The van der Waals surface area contributed by atoms with E-state index in [1.807, 2.05) is 47.1 Å². The summed E-state index contributed by atoms with van der Waals surface area (Å²) in [6.45, 7) is 1.51. The molecule has 1 aromatic carbocycles. The molecule has 2 aromatic heterocycles. The molecule has 1 amide bonds. The Hall–Kier alpha value is -2.99. The molecule has 0 bridgehead atoms. The lowest BCUT2D eigenvalue weighted by molar-refractivity contribution is -0.00119. The number of ether oxygens (including phenoxy) is 1. The quantitative estimate of drug-likeness (QED) is 0.796. The SMILES string of the molecule is O=C(NCc1ccncc1)c1cc2n(n1)CC(c1ccccc1)OC2. The number of aromatic nitrogens is 3. The fraction of sp³-hybridized carbons (Fsp3) is 0.211. The number of hydrogen-bond acceptors (Lipinski definition) is 4. The molecule has 1 atom stereocenters. The van der Waals surface area contributed by atoms with Gasteiger partial charge < -0.3 is 10.1 Å². The molecule has 1 aliphatic rings. The van der Waals surface area contributed by atoms with Crippen molar-refractivity contribution in [1.29, 1.82) is 0 Å². The zero-order valence-corrected chi connectivity index (χ0v) is 13.6. The molecule has 3 aromatic rings. The van der Waals surface area contributed by atoms with E-state index in [4.69, 9.17) is 4.74 Å². The first kappa shape index (κ1) is 15.5. The average Bonchev–Trinajstić information content (AvgIpc) is 3.11. The van der Waals surface area contributed by atoms with Gasteiger partial charge in [-0.15, -0.1) is 0 Å². The Balaban J connectivity index is 1.44. The summed E-state index contributed by atoms with van der Waals surface area (Å²) in [5.74, 6) is -0.185. The minimum atomic E-state index is -0.185. The predicted octanol–water partition coefficient (Wildman–Crippen LogP) is 2.48. The second-order valence-electron chi connectivity index (χ2n) is 5.95. The van der Waals surface area contributed by atoms with Crippen LogP contribution in [-0.2, 0) is 24.4 Å². The van der Waals surface area contributed by atoms with E-state index in [0.717, 1.165) is 16.8 Å². The van der Waals surface area contributed by atoms with Crippen molar-refractivity contribution in [2.24, 2.45) is 0 Å². The molecule has 0 saturated heterocycles. The summed E-state index contributed by atoms with van der Waals surface area (Å²) >= 11 is 0. The van der Waals surface area contributed by atoms with E-state index in [9.17, 15) is 4.79 Å². The number of carbonyl (C=O) groups is 1. The summed E-state index contributed by atoms with van der Waals surface area (Å²) in [5.41, 5.74) is 3.45. The molecule has 0 aliphatic carbocycles. The maximum atomic E-state index is 12.3. The van der Waals surface area contributed by atoms with Gasteiger partial charge in [-0.3, -0.25) is 14.5 Å². The van der Waals surface area contributed by atoms with Gasteiger partial charge in [0.25, 0.3) is 5.91 Å². The van der Waals surface area contributed by atoms with E-state index in [1.165, 1.54) is 0 Å². The molecule has 6 nitrogen and oxygen atoms in total. The fourth-order valence-corrected chi connectivity index (χ4v) is 2.88. The van der Waals surface area contributed by atoms with Crippen molar-refractivity contribution in [3.05, 3.63) is 83.4 Å². The normalized spacial score (nSPS) is 16.2. The van der Waals surface area contributed by atoms with Crippen LogP contribution in [0.3, 0.4) is 0 Å². The molecule has 126 valence electrons. The van der Waals surface area contributed by atoms with E-state index in [2.05, 4.69) is 15.4 Å². The Morgan fingerprint density at radius 3 is 2.80 bits per heavy atom. The first-order valence-corrected chi connectivity index (χ1v) is 8.20. The van der Waals surface area contributed by atoms with E-state index < -0.39 is 0 Å². The van der Waals surface area contributed by atoms with Crippen LogP contribution in [0.5, 0.6) is 0 Å². The van der Waals surface area contributed by atoms with Crippen LogP contribution < -0.4 is 5.32 Å². The fourth-order valence-electron chi connectivity index (χ4n) is 2.88. The highest BCUT2D eigenvalue weighted by Crippen LogP contribution is 2.26. The summed E-state index contributed by atoms with van der Waals surface area (Å²) in [6, 6.07) is 15.6. The summed E-state index contributed by atoms with van der Waals surface area (Å²) < 4.78 is 7.78. The number of nitrogens with zero attached hydrogens (tertiary/aromatic N) is 3. The van der Waals surface area contributed by atoms with E-state index in [-0.39, 0.29) is 12.0 Å². The van der Waals surface area contributed by atoms with Gasteiger partial charge in [-0.2, -0.15) is 5.10 Å². The monoisotopic (exact) mass is 334 g/mol. The van der Waals surface area contributed by atoms with Crippen LogP contribution >= 0.6 is 0 Å². The van der Waals surface area contributed by atoms with Crippen molar-refractivity contribution in [3.63, 3.8) is 0 Å². The Morgan fingerprint density at radius 2 is 2.00 bits per heavy atom. The number of rotatable bonds is 4. The lowest BCUT2D eigenvalue weighted by Gasteiger charge is -2.24. The molecule has 0 saturated carbocycles. The number of amides is 1. The van der Waals surface area contributed by atoms with Crippen LogP contribution in [-0.4, -0.2) is 20.7 Å². The van der Waals surface area contributed by atoms with Crippen molar-refractivity contribution in [2.75, 3.05) is 0 Å². The zero-order valence-electron chi connectivity index (χ0n) is 13.6. The van der Waals surface area contributed by atoms with Gasteiger partial charge in [0.05, 0.1) is 18.8 Å². The molecule has 1 N–H and O–H groups in total. The van der Waals surface area contributed by atoms with Gasteiger partial charge >= 0.3 is 0 Å². The van der Waals surface area contributed by atoms with Gasteiger partial charge in [-0.25, -0.2) is 0 Å². The lowest BCUT2D eigenvalue weighted by Crippen LogP contribution is -2.24. The standard InChI is InChI=1S/C19H18N4O2/c24-19(21-11-14-6-8-20-9-7-14)17-10-16-13-25-18(12-23(16)22-17)15-4-2-1-3-5-15/h1-10,18H,11-13H2,(H,21,24). The topological polar surface area (TPSA) is 69.0 Å². The summed E-state index contributed by atoms with van der Waals surface area (Å²) in [7, 11) is 0. The van der Waals surface area contributed by atoms with Crippen molar-refractivity contribution in [3.8, 4) is 0 Å². The first-order valence-electron chi connectivity index (χ1n) is 8.20. The van der Waals surface area contributed by atoms with E-state index in [1.54, 1.807) is 18.5 Å². The van der Waals surface area contributed by atoms with Crippen LogP contribution in [0.1, 0.15) is 33.4 Å². The largest absolute Gasteiger partial charge is 0.365 e. The van der Waals surface area contributed by atoms with Crippen molar-refractivity contribution >= 4 is 5.91 Å². The highest BCUT2D eigenvalue weighted by molar-refractivity contribution is 5.92. The smallest absolute Gasteiger partial charge is 0.272 e. The number of benzene rings is 1. The lowest BCUT2D eigenvalue weighted by atomic mass is 10.1. The molecule has 1 unspecified atom stereocenters. The van der Waals surface area contributed by atoms with Gasteiger partial charge in [-0.1, -0.05) is 30.3 Å². The average molecular weight is 334 g/mol. The summed E-state index contributed by atoms with van der Waals surface area (Å²) in [6.07, 6.45) is 3.37. The number of nitrogens with one attached hydrogen (secondary N) is 1. The van der Waals surface area contributed by atoms with Crippen LogP contribution in [0.15, 0.2) is 60.9 Å². The van der Waals surface area contributed by atoms with Crippen LogP contribution in [0.2, 0.25) is 0 Å². The third-order valence-corrected chi connectivity index (χ3v) is 4.24. The highest BCUT2D eigenvalue weighted by atomic mass is 16.5. The van der Waals surface area contributed by atoms with E-state index >= 15 is 0 Å². The van der Waals surface area contributed by atoms with Gasteiger partial charge in [-0.05, 0) is 29.3 Å². The Labute approximate surface area is 145 Å². The van der Waals surface area contributed by atoms with Crippen LogP contribution in [0.25, 0.3) is 0 Å². The van der Waals surface area contributed by atoms with Crippen molar-refractivity contribution < 1.29 is 9.53 Å². The Kier molecular flexibility index (Phi) is 4.26. The molecular formula is C19H18N4O2. The predicted molar refractivity (Wildman–Crippen MR) is 91.6 cm³/mol. The Morgan fingerprint density at radius 1 is 1.20 bits per heavy atom. The van der Waals surface area contributed by atoms with Crippen molar-refractivity contribution in [2.45, 2.75) is 25.8 Å². The molecule has 6 heteroatoms. The molecule has 3 heterocycles. The second-order valence-corrected chi connectivity index (χ2v) is 5.95. The molecule has 1 aliphatic heterocycles. The van der Waals surface area contributed by atoms with Gasteiger partial charge in [0.1, 0.15) is 6.10 Å². The maximum Gasteiger partial charge on any atom is 0.272 e. The number of carbonyl (C=O) groups excluding carboxylic acids is 1. The number of pyridine rings is 1. The Bertz CT molecular complexity index is 862. The minimum absolute atomic E-state index is 0.0404. The third-order valence-electron chi connectivity index (χ3n) is 4.24. The molecular weight excluding hydrogens is 316 g/mol. The van der Waals surface area contributed by atoms with E-state index in [0.29, 0.717) is 25.4 Å². The third kappa shape index (κ3) is 3.44. The molecule has 0 spiro atoms. The van der Waals surface area contributed by atoms with Gasteiger partial charge in [0.15, 0.2) is 5.69 Å². The second kappa shape index (κ2) is 6.86.